The molecular formula is C16H13Cl2N3O3. The van der Waals surface area contributed by atoms with E-state index in [0.717, 1.165) is 4.90 Å². The summed E-state index contributed by atoms with van der Waals surface area (Å²) in [5, 5.41) is 2.89. The lowest BCUT2D eigenvalue weighted by molar-refractivity contribution is -0.136. The van der Waals surface area contributed by atoms with Crippen LogP contribution in [0.2, 0.25) is 10.0 Å². The van der Waals surface area contributed by atoms with Crippen LogP contribution in [0.25, 0.3) is 0 Å². The van der Waals surface area contributed by atoms with Gasteiger partial charge >= 0.3 is 11.8 Å². The maximum absolute atomic E-state index is 12.4. The van der Waals surface area contributed by atoms with Gasteiger partial charge in [0, 0.05) is 17.6 Å². The van der Waals surface area contributed by atoms with Crippen molar-refractivity contribution in [1.29, 1.82) is 0 Å². The molecule has 0 aromatic heterocycles. The van der Waals surface area contributed by atoms with Gasteiger partial charge in [0.2, 0.25) is 5.91 Å². The molecule has 0 saturated carbocycles. The number of hydrogen-bond acceptors (Lipinski definition) is 4. The standard InChI is InChI=1S/C16H13Cl2N3O3/c1-9(22)21(12-5-3-11(19)4-6-12)16(24)15(23)20-14-8-10(17)2-7-13(14)18/h2-8H,19H2,1H3,(H,20,23). The third-order valence-electron chi connectivity index (χ3n) is 3.04. The van der Waals surface area contributed by atoms with Gasteiger partial charge < -0.3 is 11.1 Å². The second-order valence-electron chi connectivity index (χ2n) is 4.83. The van der Waals surface area contributed by atoms with Crippen LogP contribution in [-0.2, 0) is 14.4 Å². The summed E-state index contributed by atoms with van der Waals surface area (Å²) in [5.41, 5.74) is 6.44. The van der Waals surface area contributed by atoms with E-state index >= 15 is 0 Å². The fraction of sp³-hybridized carbons (Fsp3) is 0.0625. The normalized spacial score (nSPS) is 10.1. The van der Waals surface area contributed by atoms with E-state index in [1.54, 1.807) is 0 Å². The number of imide groups is 1. The molecule has 2 rings (SSSR count). The zero-order valence-electron chi connectivity index (χ0n) is 12.5. The first-order valence-corrected chi connectivity index (χ1v) is 7.52. The Kier molecular flexibility index (Phi) is 5.43. The smallest absolute Gasteiger partial charge is 0.323 e. The molecule has 6 nitrogen and oxygen atoms in total. The average molecular weight is 366 g/mol. The molecule has 0 bridgehead atoms. The first-order chi connectivity index (χ1) is 11.3. The number of hydrogen-bond donors (Lipinski definition) is 2. The molecule has 0 unspecified atom stereocenters. The van der Waals surface area contributed by atoms with Crippen molar-refractivity contribution < 1.29 is 14.4 Å². The van der Waals surface area contributed by atoms with E-state index in [1.165, 1.54) is 49.4 Å². The average Bonchev–Trinajstić information content (AvgIpc) is 2.52. The Hall–Kier alpha value is -2.57. The summed E-state index contributed by atoms with van der Waals surface area (Å²) < 4.78 is 0. The topological polar surface area (TPSA) is 92.5 Å². The zero-order chi connectivity index (χ0) is 17.9. The summed E-state index contributed by atoms with van der Waals surface area (Å²) in [6.45, 7) is 1.17. The minimum Gasteiger partial charge on any atom is -0.399 e. The van der Waals surface area contributed by atoms with Crippen LogP contribution in [0.4, 0.5) is 17.1 Å². The minimum absolute atomic E-state index is 0.170. The van der Waals surface area contributed by atoms with E-state index in [1.807, 2.05) is 0 Å². The van der Waals surface area contributed by atoms with Gasteiger partial charge in [0.1, 0.15) is 0 Å². The molecule has 0 aliphatic carbocycles. The highest BCUT2D eigenvalue weighted by molar-refractivity contribution is 6.49. The third kappa shape index (κ3) is 4.04. The van der Waals surface area contributed by atoms with Gasteiger partial charge in [0.05, 0.1) is 16.4 Å². The highest BCUT2D eigenvalue weighted by Crippen LogP contribution is 2.25. The molecule has 0 aliphatic rings. The van der Waals surface area contributed by atoms with E-state index in [0.29, 0.717) is 10.7 Å². The molecule has 8 heteroatoms. The van der Waals surface area contributed by atoms with E-state index < -0.39 is 17.7 Å². The number of amides is 3. The van der Waals surface area contributed by atoms with Crippen LogP contribution < -0.4 is 16.0 Å². The molecule has 2 aromatic rings. The predicted octanol–water partition coefficient (Wildman–Crippen LogP) is 3.09. The van der Waals surface area contributed by atoms with Gasteiger partial charge in [-0.25, -0.2) is 4.90 Å². The Morgan fingerprint density at radius 3 is 2.25 bits per heavy atom. The van der Waals surface area contributed by atoms with Gasteiger partial charge in [0.15, 0.2) is 0 Å². The Morgan fingerprint density at radius 2 is 1.67 bits per heavy atom. The lowest BCUT2D eigenvalue weighted by Gasteiger charge is -2.19. The largest absolute Gasteiger partial charge is 0.399 e. The number of nitrogens with one attached hydrogen (secondary N) is 1. The second-order valence-corrected chi connectivity index (χ2v) is 5.67. The number of rotatable bonds is 2. The molecule has 3 N–H and O–H groups in total. The van der Waals surface area contributed by atoms with E-state index in [9.17, 15) is 14.4 Å². The Balaban J connectivity index is 2.26. The Morgan fingerprint density at radius 1 is 1.04 bits per heavy atom. The Bertz CT molecular complexity index is 807. The van der Waals surface area contributed by atoms with Gasteiger partial charge in [0.25, 0.3) is 0 Å². The highest BCUT2D eigenvalue weighted by atomic mass is 35.5. The van der Waals surface area contributed by atoms with Crippen molar-refractivity contribution >= 4 is 58.0 Å². The van der Waals surface area contributed by atoms with Crippen LogP contribution in [0.1, 0.15) is 6.92 Å². The molecule has 3 amide bonds. The zero-order valence-corrected chi connectivity index (χ0v) is 14.1. The third-order valence-corrected chi connectivity index (χ3v) is 3.60. The highest BCUT2D eigenvalue weighted by Gasteiger charge is 2.27. The fourth-order valence-electron chi connectivity index (χ4n) is 1.94. The summed E-state index contributed by atoms with van der Waals surface area (Å²) in [4.78, 5) is 37.1. The number of carbonyl (C=O) groups is 3. The van der Waals surface area contributed by atoms with Crippen LogP contribution in [0.5, 0.6) is 0 Å². The van der Waals surface area contributed by atoms with E-state index in [4.69, 9.17) is 28.9 Å². The molecule has 24 heavy (non-hydrogen) atoms. The van der Waals surface area contributed by atoms with Gasteiger partial charge in [-0.2, -0.15) is 0 Å². The molecule has 0 fully saturated rings. The first kappa shape index (κ1) is 17.8. The molecular weight excluding hydrogens is 353 g/mol. The summed E-state index contributed by atoms with van der Waals surface area (Å²) in [6.07, 6.45) is 0. The number of nitrogens with zero attached hydrogens (tertiary/aromatic N) is 1. The number of halogens is 2. The molecule has 124 valence electrons. The van der Waals surface area contributed by atoms with Crippen molar-refractivity contribution in [2.24, 2.45) is 0 Å². The fourth-order valence-corrected chi connectivity index (χ4v) is 2.27. The van der Waals surface area contributed by atoms with Crippen molar-refractivity contribution in [3.8, 4) is 0 Å². The number of anilines is 3. The van der Waals surface area contributed by atoms with Gasteiger partial charge in [-0.1, -0.05) is 23.2 Å². The summed E-state index contributed by atoms with van der Waals surface area (Å²) in [7, 11) is 0. The molecule has 0 atom stereocenters. The van der Waals surface area contributed by atoms with Gasteiger partial charge in [-0.15, -0.1) is 0 Å². The van der Waals surface area contributed by atoms with Crippen LogP contribution in [0.3, 0.4) is 0 Å². The lowest BCUT2D eigenvalue weighted by Crippen LogP contribution is -2.42. The van der Waals surface area contributed by atoms with Crippen LogP contribution in [0, 0.1) is 0 Å². The minimum atomic E-state index is -1.05. The number of benzene rings is 2. The quantitative estimate of drug-likeness (QED) is 0.631. The Labute approximate surface area is 148 Å². The maximum Gasteiger partial charge on any atom is 0.323 e. The van der Waals surface area contributed by atoms with Crippen LogP contribution in [0.15, 0.2) is 42.5 Å². The summed E-state index contributed by atoms with van der Waals surface area (Å²) in [6, 6.07) is 10.4. The first-order valence-electron chi connectivity index (χ1n) is 6.76. The number of nitrogen functional groups attached to an aromatic ring is 1. The van der Waals surface area contributed by atoms with E-state index in [-0.39, 0.29) is 16.4 Å². The number of carbonyl (C=O) groups excluding carboxylic acids is 3. The monoisotopic (exact) mass is 365 g/mol. The summed E-state index contributed by atoms with van der Waals surface area (Å²) in [5.74, 6) is -2.69. The van der Waals surface area contributed by atoms with Gasteiger partial charge in [-0.3, -0.25) is 14.4 Å². The van der Waals surface area contributed by atoms with Crippen molar-refractivity contribution in [2.75, 3.05) is 16.0 Å². The van der Waals surface area contributed by atoms with Crippen molar-refractivity contribution in [1.82, 2.24) is 0 Å². The molecule has 0 aliphatic heterocycles. The molecule has 0 radical (unpaired) electrons. The van der Waals surface area contributed by atoms with Gasteiger partial charge in [-0.05, 0) is 42.5 Å². The van der Waals surface area contributed by atoms with Crippen LogP contribution >= 0.6 is 23.2 Å². The van der Waals surface area contributed by atoms with Crippen molar-refractivity contribution in [2.45, 2.75) is 6.92 Å². The molecule has 2 aromatic carbocycles. The maximum atomic E-state index is 12.4. The second kappa shape index (κ2) is 7.33. The molecule has 0 heterocycles. The van der Waals surface area contributed by atoms with E-state index in [2.05, 4.69) is 5.32 Å². The predicted molar refractivity (Wildman–Crippen MR) is 94.1 cm³/mol. The van der Waals surface area contributed by atoms with Crippen LogP contribution in [-0.4, -0.2) is 17.7 Å². The lowest BCUT2D eigenvalue weighted by atomic mass is 10.2. The number of nitrogens with two attached hydrogens (primary N) is 1. The molecule has 0 spiro atoms. The van der Waals surface area contributed by atoms with Crippen molar-refractivity contribution in [3.63, 3.8) is 0 Å². The SMILES string of the molecule is CC(=O)N(C(=O)C(=O)Nc1cc(Cl)ccc1Cl)c1ccc(N)cc1. The molecule has 0 saturated heterocycles. The van der Waals surface area contributed by atoms with Crippen molar-refractivity contribution in [3.05, 3.63) is 52.5 Å². The summed E-state index contributed by atoms with van der Waals surface area (Å²) >= 11 is 11.8.